The summed E-state index contributed by atoms with van der Waals surface area (Å²) in [7, 11) is 25.6. The van der Waals surface area contributed by atoms with E-state index in [1.165, 1.54) is 62.6 Å². The summed E-state index contributed by atoms with van der Waals surface area (Å²) >= 11 is 0. The van der Waals surface area contributed by atoms with Gasteiger partial charge in [0.25, 0.3) is 27.8 Å². The van der Waals surface area contributed by atoms with E-state index in [1.807, 2.05) is 184 Å². The minimum atomic E-state index is -0.369. The molecule has 0 spiro atoms. The first-order valence-corrected chi connectivity index (χ1v) is 47.1. The number of likely N-dealkylation sites (N-methyl/N-ethyl adjacent to an activating group) is 4. The van der Waals surface area contributed by atoms with E-state index < -0.39 is 0 Å². The fourth-order valence-corrected chi connectivity index (χ4v) is 17.6. The van der Waals surface area contributed by atoms with Crippen LogP contribution < -0.4 is 61.0 Å². The van der Waals surface area contributed by atoms with Crippen LogP contribution in [0.5, 0.6) is 5.75 Å². The lowest BCUT2D eigenvalue weighted by Crippen LogP contribution is -2.38. The van der Waals surface area contributed by atoms with Crippen LogP contribution in [-0.4, -0.2) is 225 Å². The fraction of sp³-hybridized carbons (Fsp3) is 0.455. The average Bonchev–Trinajstić information content (AvgIpc) is 1.63. The lowest BCUT2D eigenvalue weighted by Gasteiger charge is -2.21. The summed E-state index contributed by atoms with van der Waals surface area (Å²) in [6, 6.07) is 48.2. The third kappa shape index (κ3) is 23.1. The predicted molar refractivity (Wildman–Crippen MR) is 543 cm³/mol. The van der Waals surface area contributed by atoms with Gasteiger partial charge in [0, 0.05) is 160 Å². The summed E-state index contributed by atoms with van der Waals surface area (Å²) in [4.78, 5) is 161. The van der Waals surface area contributed by atoms with E-state index in [4.69, 9.17) is 24.7 Å². The Morgan fingerprint density at radius 1 is 0.314 bits per heavy atom. The third-order valence-electron chi connectivity index (χ3n) is 25.7. The largest absolute Gasteiger partial charge is 0.497 e. The molecular weight excluding hydrogens is 1740 g/mol. The summed E-state index contributed by atoms with van der Waals surface area (Å²) in [6.45, 7) is 29.4. The van der Waals surface area contributed by atoms with Crippen molar-refractivity contribution in [2.45, 2.75) is 132 Å². The van der Waals surface area contributed by atoms with Gasteiger partial charge >= 0.3 is 28.4 Å². The first-order chi connectivity index (χ1) is 65.5. The summed E-state index contributed by atoms with van der Waals surface area (Å²) in [5, 5.41) is 0. The van der Waals surface area contributed by atoms with Gasteiger partial charge in [-0.05, 0) is 134 Å². The van der Waals surface area contributed by atoms with Crippen molar-refractivity contribution in [3.05, 3.63) is 307 Å². The number of fused-ring (bicyclic) bond motifs is 5. The van der Waals surface area contributed by atoms with Crippen LogP contribution in [0.2, 0.25) is 0 Å². The number of aromatic nitrogens is 20. The minimum Gasteiger partial charge on any atom is -0.497 e. The highest BCUT2D eigenvalue weighted by Gasteiger charge is 2.29. The normalized spacial score (nSPS) is 12.1. The second kappa shape index (κ2) is 46.8. The first kappa shape index (κ1) is 104. The van der Waals surface area contributed by atoms with Gasteiger partial charge in [0.15, 0.2) is 55.8 Å². The number of hydrogen-bond donors (Lipinski definition) is 0. The van der Waals surface area contributed by atoms with Gasteiger partial charge in [-0.1, -0.05) is 182 Å². The highest BCUT2D eigenvalue weighted by Crippen LogP contribution is 2.30. The van der Waals surface area contributed by atoms with Crippen LogP contribution in [0, 0.1) is 0 Å². The van der Waals surface area contributed by atoms with Gasteiger partial charge < -0.3 is 52.1 Å². The fourth-order valence-electron chi connectivity index (χ4n) is 17.6. The van der Waals surface area contributed by atoms with Crippen molar-refractivity contribution < 1.29 is 4.74 Å². The molecule has 10 aromatic heterocycles. The number of benzene rings is 5. The van der Waals surface area contributed by atoms with E-state index in [0.717, 1.165) is 166 Å². The van der Waals surface area contributed by atoms with Crippen LogP contribution in [0.1, 0.15) is 137 Å². The molecule has 137 heavy (non-hydrogen) atoms. The zero-order chi connectivity index (χ0) is 99.7. The first-order valence-electron chi connectivity index (χ1n) is 47.1. The predicted octanol–water partition coefficient (Wildman–Crippen LogP) is 7.18. The molecule has 15 rings (SSSR count). The topological polar surface area (TPSA) is 335 Å². The van der Waals surface area contributed by atoms with Crippen molar-refractivity contribution in [1.82, 2.24) is 118 Å². The molecule has 0 radical (unpaired) electrons. The molecule has 0 amide bonds. The van der Waals surface area contributed by atoms with Crippen LogP contribution >= 0.6 is 0 Å². The van der Waals surface area contributed by atoms with E-state index in [0.29, 0.717) is 108 Å². The van der Waals surface area contributed by atoms with Crippen LogP contribution in [-0.2, 0) is 122 Å². The number of aryl methyl sites for hydroxylation is 6. The van der Waals surface area contributed by atoms with E-state index in [9.17, 15) is 47.9 Å². The summed E-state index contributed by atoms with van der Waals surface area (Å²) in [6.07, 6.45) is 4.15. The number of methoxy groups -OCH3 is 1. The smallest absolute Gasteiger partial charge is 0.332 e. The molecule has 0 bridgehead atoms. The van der Waals surface area contributed by atoms with Gasteiger partial charge in [-0.3, -0.25) is 69.6 Å². The van der Waals surface area contributed by atoms with Gasteiger partial charge in [0.2, 0.25) is 0 Å². The molecule has 10 heterocycles. The highest BCUT2D eigenvalue weighted by atomic mass is 16.5. The van der Waals surface area contributed by atoms with Crippen molar-refractivity contribution >= 4 is 55.8 Å². The van der Waals surface area contributed by atoms with Crippen molar-refractivity contribution in [3.8, 4) is 5.75 Å². The van der Waals surface area contributed by atoms with E-state index in [1.54, 1.807) is 42.3 Å². The SMILES string of the molecule is CC(CN(C)C)n1c(Cc2ccccc2)nc2c1c(=O)n(C)c(=O)n2C.CCC(c1ccccc1)c1nc2c(c(=O)n(C)c(=O)n2C)n1CCN(CC)CC.CCN(CC)CCn1c(Cc2ccc(OC)cc2)nc2c1c(=O)n(C)c(=O)n2C.CCN(CC)CCn1c(Cc2ccccc2)nc2c1c(=O)n(C)c(=O)n2C.CN(C)CCCn1c(Cc2ccccc2)nc2c1c(=O)n(C)c(=O)n2C. The number of nitrogens with zero attached hydrogens (tertiary/aromatic N) is 25. The van der Waals surface area contributed by atoms with Gasteiger partial charge in [0.05, 0.1) is 7.11 Å². The van der Waals surface area contributed by atoms with Crippen LogP contribution in [0.4, 0.5) is 0 Å². The second-order valence-electron chi connectivity index (χ2n) is 35.2. The molecule has 2 atom stereocenters. The van der Waals surface area contributed by atoms with Crippen LogP contribution in [0.3, 0.4) is 0 Å². The Hall–Kier alpha value is -13.6. The molecule has 5 aromatic carbocycles. The van der Waals surface area contributed by atoms with Gasteiger partial charge in [-0.2, -0.15) is 0 Å². The molecule has 0 saturated carbocycles. The number of imidazole rings is 5. The van der Waals surface area contributed by atoms with Crippen molar-refractivity contribution in [2.75, 3.05) is 107 Å². The second-order valence-corrected chi connectivity index (χ2v) is 35.2. The van der Waals surface area contributed by atoms with Crippen LogP contribution in [0.25, 0.3) is 55.8 Å². The van der Waals surface area contributed by atoms with Crippen molar-refractivity contribution in [2.24, 2.45) is 70.5 Å². The Balaban J connectivity index is 0.000000164. The van der Waals surface area contributed by atoms with Gasteiger partial charge in [-0.25, -0.2) is 48.9 Å². The maximum absolute atomic E-state index is 13.0. The maximum Gasteiger partial charge on any atom is 0.332 e. The Labute approximate surface area is 796 Å². The monoisotopic (exact) mass is 1880 g/mol. The summed E-state index contributed by atoms with van der Waals surface area (Å²) in [5.74, 6) is 4.87. The molecule has 0 saturated heterocycles. The van der Waals surface area contributed by atoms with Crippen LogP contribution in [0.15, 0.2) is 194 Å². The Bertz CT molecular complexity index is 7330. The zero-order valence-electron chi connectivity index (χ0n) is 84.0. The van der Waals surface area contributed by atoms with E-state index in [-0.39, 0.29) is 68.2 Å². The lowest BCUT2D eigenvalue weighted by atomic mass is 9.95. The van der Waals surface area contributed by atoms with Gasteiger partial charge in [-0.15, -0.1) is 0 Å². The molecule has 2 unspecified atom stereocenters. The Kier molecular flexibility index (Phi) is 35.5. The number of hydrogen-bond acceptors (Lipinski definition) is 21. The van der Waals surface area contributed by atoms with Crippen molar-refractivity contribution in [3.63, 3.8) is 0 Å². The molecule has 0 fully saturated rings. The minimum absolute atomic E-state index is 0.0407. The number of ether oxygens (including phenoxy) is 1. The maximum atomic E-state index is 13.0. The Morgan fingerprint density at radius 2 is 0.599 bits per heavy atom. The Morgan fingerprint density at radius 3 is 0.920 bits per heavy atom. The average molecular weight is 1880 g/mol. The third-order valence-corrected chi connectivity index (χ3v) is 25.7. The van der Waals surface area contributed by atoms with Gasteiger partial charge in [0.1, 0.15) is 34.9 Å². The number of rotatable bonds is 34. The molecule has 15 aromatic rings. The standard InChI is InChI=1S/C22H31N5O2.C21H29N5O3.C20H27N5O2.2C19H25N5O2/c1-6-17(16-12-10-9-11-13-16)19-23-20-18(21(28)25(5)22(29)24(20)4)27(19)15-14-26(7-2)8-3;1-6-25(7-2)12-13-26-17(14-15-8-10-16(29-5)11-9-15)22-19-18(26)20(27)24(4)21(28)23(19)3;1-5-24(6-2)12-13-25-16(14-15-10-8-7-9-11-15)21-18-17(25)19(26)23(4)20(27)22(18)3;1-13(12-21(2)3)24-15(11-14-9-7-6-8-10-14)20-17-16(24)18(25)23(5)19(26)22(17)4;1-21(2)11-8-12-24-15(13-14-9-6-5-7-10-14)20-17-16(24)18(25)23(4)19(26)22(17)3/h9-13,17H,6-8,14-15H2,1-5H3;8-11H,6-7,12-14H2,1-5H3;7-11H,5-6,12-14H2,1-4H3;6-10,13H,11-12H2,1-5H3;5-7,9-10H,8,11-13H2,1-4H3. The quantitative estimate of drug-likeness (QED) is 0.0385. The molecule has 0 N–H and O–H groups in total. The molecule has 0 aliphatic carbocycles. The summed E-state index contributed by atoms with van der Waals surface area (Å²) in [5.41, 5.74) is 7.01. The molecule has 36 heteroatoms. The van der Waals surface area contributed by atoms with E-state index >= 15 is 0 Å². The molecular formula is C101H137N25O11. The van der Waals surface area contributed by atoms with Crippen molar-refractivity contribution in [1.29, 1.82) is 0 Å². The molecule has 36 nitrogen and oxygen atoms in total. The molecule has 0 aliphatic heterocycles. The molecule has 732 valence electrons. The lowest BCUT2D eigenvalue weighted by molar-refractivity contribution is 0.290. The molecule has 0 aliphatic rings. The summed E-state index contributed by atoms with van der Waals surface area (Å²) < 4.78 is 28.3. The highest BCUT2D eigenvalue weighted by molar-refractivity contribution is 5.75. The zero-order valence-corrected chi connectivity index (χ0v) is 84.0. The van der Waals surface area contributed by atoms with E-state index in [2.05, 4.69) is 97.0 Å².